The minimum absolute atomic E-state index is 0.0393. The van der Waals surface area contributed by atoms with E-state index in [4.69, 9.17) is 5.73 Å². The van der Waals surface area contributed by atoms with Gasteiger partial charge in [0.25, 0.3) is 0 Å². The van der Waals surface area contributed by atoms with Crippen molar-refractivity contribution in [3.05, 3.63) is 52.7 Å². The number of benzene rings is 1. The van der Waals surface area contributed by atoms with E-state index >= 15 is 0 Å². The van der Waals surface area contributed by atoms with E-state index in [1.165, 1.54) is 0 Å². The van der Waals surface area contributed by atoms with Crippen LogP contribution in [0.4, 0.5) is 0 Å². The van der Waals surface area contributed by atoms with E-state index in [0.29, 0.717) is 0 Å². The van der Waals surface area contributed by atoms with Gasteiger partial charge in [0.15, 0.2) is 5.41 Å². The molecule has 5 nitrogen and oxygen atoms in total. The summed E-state index contributed by atoms with van der Waals surface area (Å²) in [5, 5.41) is 38.8. The van der Waals surface area contributed by atoms with E-state index in [1.54, 1.807) is 24.3 Å². The average Bonchev–Trinajstić information content (AvgIpc) is 2.62. The summed E-state index contributed by atoms with van der Waals surface area (Å²) in [4.78, 5) is 0. The summed E-state index contributed by atoms with van der Waals surface area (Å²) in [6.45, 7) is 0. The molecule has 1 aromatic rings. The predicted molar refractivity (Wildman–Crippen MR) is 86.8 cm³/mol. The molecule has 1 aromatic carbocycles. The van der Waals surface area contributed by atoms with Crippen molar-refractivity contribution in [3.8, 4) is 24.0 Å². The van der Waals surface area contributed by atoms with Crippen LogP contribution >= 0.6 is 0 Å². The van der Waals surface area contributed by atoms with Gasteiger partial charge >= 0.3 is 0 Å². The molecule has 0 saturated carbocycles. The lowest BCUT2D eigenvalue weighted by Crippen LogP contribution is -2.42. The summed E-state index contributed by atoms with van der Waals surface area (Å²) < 4.78 is 0. The molecule has 0 saturated heterocycles. The number of phenolic OH excluding ortho intramolecular Hbond substituents is 1. The lowest BCUT2D eigenvalue weighted by Gasteiger charge is -2.43. The first kappa shape index (κ1) is 15.7. The number of aromatic hydroxyl groups is 1. The molecule has 0 heterocycles. The largest absolute Gasteiger partial charge is 0.508 e. The molecule has 0 spiro atoms. The first-order valence-corrected chi connectivity index (χ1v) is 7.81. The maximum atomic E-state index is 9.84. The molecular weight excluding hydrogens is 300 g/mol. The fourth-order valence-corrected chi connectivity index (χ4v) is 3.93. The van der Waals surface area contributed by atoms with Crippen molar-refractivity contribution in [1.82, 2.24) is 0 Å². The van der Waals surface area contributed by atoms with Crippen LogP contribution in [-0.4, -0.2) is 5.11 Å². The lowest BCUT2D eigenvalue weighted by atomic mass is 9.57. The van der Waals surface area contributed by atoms with E-state index in [0.717, 1.165) is 30.4 Å². The molecule has 0 amide bonds. The quantitative estimate of drug-likeness (QED) is 0.825. The van der Waals surface area contributed by atoms with Gasteiger partial charge in [-0.2, -0.15) is 15.8 Å². The third-order valence-electron chi connectivity index (χ3n) is 5.05. The van der Waals surface area contributed by atoms with Crippen LogP contribution < -0.4 is 5.73 Å². The molecule has 24 heavy (non-hydrogen) atoms. The third kappa shape index (κ3) is 2.05. The monoisotopic (exact) mass is 316 g/mol. The fraction of sp³-hybridized carbons (Fsp3) is 0.316. The smallest absolute Gasteiger partial charge is 0.191 e. The number of fused-ring (bicyclic) bond motifs is 1. The second-order valence-corrected chi connectivity index (χ2v) is 6.20. The molecule has 118 valence electrons. The van der Waals surface area contributed by atoms with E-state index < -0.39 is 11.3 Å². The van der Waals surface area contributed by atoms with Crippen LogP contribution in [0.3, 0.4) is 0 Å². The summed E-state index contributed by atoms with van der Waals surface area (Å²) in [5.41, 5.74) is 6.53. The SMILES string of the molecule is N#CC1=C(N)C(C#N)(C#N)[C@@H](c2ccc(O)cc2)[C@H]2CCCC=C12. The van der Waals surface area contributed by atoms with Gasteiger partial charge in [-0.05, 0) is 48.4 Å². The standard InChI is InChI=1S/C19H16N4O/c20-9-16-14-3-1-2-4-15(14)17(12-5-7-13(24)8-6-12)19(10-21,11-22)18(16)23/h3,5-8,15,17,24H,1-2,4,23H2/t15-,17-/m0/s1. The molecule has 0 radical (unpaired) electrons. The van der Waals surface area contributed by atoms with Gasteiger partial charge in [0, 0.05) is 5.92 Å². The number of rotatable bonds is 1. The summed E-state index contributed by atoms with van der Waals surface area (Å²) in [5.74, 6) is -0.448. The number of hydrogen-bond donors (Lipinski definition) is 2. The normalized spacial score (nSPS) is 24.8. The molecule has 3 N–H and O–H groups in total. The number of allylic oxidation sites excluding steroid dienone is 4. The highest BCUT2D eigenvalue weighted by atomic mass is 16.3. The van der Waals surface area contributed by atoms with E-state index in [1.807, 2.05) is 6.08 Å². The zero-order chi connectivity index (χ0) is 17.3. The van der Waals surface area contributed by atoms with Gasteiger partial charge in [-0.15, -0.1) is 0 Å². The molecule has 0 unspecified atom stereocenters. The van der Waals surface area contributed by atoms with E-state index in [-0.39, 0.29) is 22.9 Å². The first-order valence-electron chi connectivity index (χ1n) is 7.81. The van der Waals surface area contributed by atoms with Crippen molar-refractivity contribution in [3.63, 3.8) is 0 Å². The van der Waals surface area contributed by atoms with E-state index in [9.17, 15) is 20.9 Å². The molecule has 0 aliphatic heterocycles. The Morgan fingerprint density at radius 1 is 1.12 bits per heavy atom. The zero-order valence-electron chi connectivity index (χ0n) is 13.0. The minimum Gasteiger partial charge on any atom is -0.508 e. The molecule has 2 aliphatic carbocycles. The molecule has 2 aliphatic rings. The fourth-order valence-electron chi connectivity index (χ4n) is 3.93. The second-order valence-electron chi connectivity index (χ2n) is 6.20. The maximum Gasteiger partial charge on any atom is 0.191 e. The molecule has 3 rings (SSSR count). The van der Waals surface area contributed by atoms with Gasteiger partial charge in [-0.1, -0.05) is 18.2 Å². The Labute approximate surface area is 140 Å². The molecule has 0 bridgehead atoms. The Kier molecular flexibility index (Phi) is 3.76. The van der Waals surface area contributed by atoms with Gasteiger partial charge in [-0.25, -0.2) is 0 Å². The lowest BCUT2D eigenvalue weighted by molar-refractivity contribution is 0.317. The number of phenols is 1. The van der Waals surface area contributed by atoms with Crippen LogP contribution in [-0.2, 0) is 0 Å². The Morgan fingerprint density at radius 3 is 2.38 bits per heavy atom. The van der Waals surface area contributed by atoms with Gasteiger partial charge in [0.2, 0.25) is 0 Å². The first-order chi connectivity index (χ1) is 11.6. The second kappa shape index (κ2) is 5.76. The number of nitriles is 3. The molecule has 0 fully saturated rings. The highest BCUT2D eigenvalue weighted by Gasteiger charge is 2.53. The molecular formula is C19H16N4O. The Hall–Kier alpha value is -3.23. The zero-order valence-corrected chi connectivity index (χ0v) is 13.0. The van der Waals surface area contributed by atoms with Gasteiger partial charge < -0.3 is 10.8 Å². The van der Waals surface area contributed by atoms with Crippen LogP contribution in [0, 0.1) is 45.3 Å². The topological polar surface area (TPSA) is 118 Å². The van der Waals surface area contributed by atoms with Gasteiger partial charge in [0.1, 0.15) is 11.8 Å². The number of nitrogens with two attached hydrogens (primary N) is 1. The van der Waals surface area contributed by atoms with E-state index in [2.05, 4.69) is 18.2 Å². The highest BCUT2D eigenvalue weighted by molar-refractivity contribution is 5.59. The molecule has 0 aromatic heterocycles. The van der Waals surface area contributed by atoms with Crippen molar-refractivity contribution in [2.75, 3.05) is 0 Å². The van der Waals surface area contributed by atoms with Gasteiger partial charge in [-0.3, -0.25) is 0 Å². The van der Waals surface area contributed by atoms with Crippen molar-refractivity contribution >= 4 is 0 Å². The highest BCUT2D eigenvalue weighted by Crippen LogP contribution is 2.55. The number of hydrogen-bond acceptors (Lipinski definition) is 5. The number of nitrogens with zero attached hydrogens (tertiary/aromatic N) is 3. The van der Waals surface area contributed by atoms with Crippen molar-refractivity contribution in [2.24, 2.45) is 17.1 Å². The summed E-state index contributed by atoms with van der Waals surface area (Å²) in [7, 11) is 0. The van der Waals surface area contributed by atoms with Crippen LogP contribution in [0.25, 0.3) is 0 Å². The summed E-state index contributed by atoms with van der Waals surface area (Å²) in [6, 6.07) is 12.8. The van der Waals surface area contributed by atoms with Gasteiger partial charge in [0.05, 0.1) is 23.4 Å². The predicted octanol–water partition coefficient (Wildman–Crippen LogP) is 2.99. The minimum atomic E-state index is -1.58. The van der Waals surface area contributed by atoms with Crippen LogP contribution in [0.5, 0.6) is 5.75 Å². The van der Waals surface area contributed by atoms with Crippen LogP contribution in [0.15, 0.2) is 47.2 Å². The van der Waals surface area contributed by atoms with Crippen molar-refractivity contribution in [1.29, 1.82) is 15.8 Å². The maximum absolute atomic E-state index is 9.84. The Balaban J connectivity index is 2.31. The third-order valence-corrected chi connectivity index (χ3v) is 5.05. The summed E-state index contributed by atoms with van der Waals surface area (Å²) in [6.07, 6.45) is 4.60. The van der Waals surface area contributed by atoms with Crippen LogP contribution in [0.2, 0.25) is 0 Å². The Bertz CT molecular complexity index is 845. The molecule has 5 heteroatoms. The van der Waals surface area contributed by atoms with Crippen LogP contribution in [0.1, 0.15) is 30.7 Å². The van der Waals surface area contributed by atoms with Crippen molar-refractivity contribution in [2.45, 2.75) is 25.2 Å². The Morgan fingerprint density at radius 2 is 1.79 bits per heavy atom. The molecule has 2 atom stereocenters. The summed E-state index contributed by atoms with van der Waals surface area (Å²) >= 11 is 0. The van der Waals surface area contributed by atoms with Crippen molar-refractivity contribution < 1.29 is 5.11 Å². The average molecular weight is 316 g/mol.